The molecule has 0 spiro atoms. The third-order valence-corrected chi connectivity index (χ3v) is 6.89. The van der Waals surface area contributed by atoms with Gasteiger partial charge in [0.1, 0.15) is 21.7 Å². The first-order chi connectivity index (χ1) is 16.3. The van der Waals surface area contributed by atoms with Gasteiger partial charge in [-0.3, -0.25) is 9.69 Å². The minimum atomic E-state index is -0.516. The highest BCUT2D eigenvalue weighted by Crippen LogP contribution is 2.36. The van der Waals surface area contributed by atoms with E-state index in [0.717, 1.165) is 22.5 Å². The minimum Gasteiger partial charge on any atom is -0.465 e. The molecule has 0 bridgehead atoms. The number of amides is 1. The molecular formula is C25H26N4O4S. The zero-order valence-electron chi connectivity index (χ0n) is 19.7. The molecule has 4 rings (SSSR count). The molecule has 3 heterocycles. The molecule has 0 unspecified atom stereocenters. The van der Waals surface area contributed by atoms with Crippen molar-refractivity contribution in [2.24, 2.45) is 0 Å². The Morgan fingerprint density at radius 2 is 2.00 bits per heavy atom. The molecule has 0 aliphatic heterocycles. The van der Waals surface area contributed by atoms with Crippen LogP contribution in [0.4, 0.5) is 5.69 Å². The van der Waals surface area contributed by atoms with Crippen LogP contribution in [-0.2, 0) is 11.3 Å². The minimum absolute atomic E-state index is 0.0396. The van der Waals surface area contributed by atoms with E-state index < -0.39 is 5.97 Å². The number of ether oxygens (including phenoxy) is 1. The van der Waals surface area contributed by atoms with Crippen LogP contribution in [0.15, 0.2) is 47.2 Å². The molecule has 0 aliphatic carbocycles. The van der Waals surface area contributed by atoms with Gasteiger partial charge in [-0.2, -0.15) is 0 Å². The van der Waals surface area contributed by atoms with Crippen molar-refractivity contribution < 1.29 is 18.8 Å². The summed E-state index contributed by atoms with van der Waals surface area (Å²) in [7, 11) is 3.30. The monoisotopic (exact) mass is 478 g/mol. The van der Waals surface area contributed by atoms with Crippen molar-refractivity contribution in [1.29, 1.82) is 0 Å². The summed E-state index contributed by atoms with van der Waals surface area (Å²) in [5.41, 5.74) is 4.57. The predicted molar refractivity (Wildman–Crippen MR) is 131 cm³/mol. The zero-order valence-corrected chi connectivity index (χ0v) is 20.5. The molecule has 0 radical (unpaired) electrons. The maximum Gasteiger partial charge on any atom is 0.350 e. The number of benzene rings is 1. The van der Waals surface area contributed by atoms with E-state index in [9.17, 15) is 9.59 Å². The largest absolute Gasteiger partial charge is 0.465 e. The van der Waals surface area contributed by atoms with Gasteiger partial charge in [-0.25, -0.2) is 9.78 Å². The number of fused-ring (bicyclic) bond motifs is 1. The number of rotatable bonds is 7. The highest BCUT2D eigenvalue weighted by atomic mass is 32.1. The lowest BCUT2D eigenvalue weighted by molar-refractivity contribution is 0.0607. The second-order valence-corrected chi connectivity index (χ2v) is 9.24. The number of thiophene rings is 1. The number of nitrogens with one attached hydrogen (secondary N) is 1. The van der Waals surface area contributed by atoms with E-state index >= 15 is 0 Å². The van der Waals surface area contributed by atoms with E-state index in [4.69, 9.17) is 14.2 Å². The van der Waals surface area contributed by atoms with Crippen LogP contribution in [0.2, 0.25) is 0 Å². The Kier molecular flexibility index (Phi) is 6.76. The van der Waals surface area contributed by atoms with Gasteiger partial charge in [0.15, 0.2) is 0 Å². The summed E-state index contributed by atoms with van der Waals surface area (Å²) in [6.45, 7) is 6.47. The highest BCUT2D eigenvalue weighted by molar-refractivity contribution is 7.21. The second kappa shape index (κ2) is 9.74. The number of anilines is 1. The Balaban J connectivity index is 1.65. The highest BCUT2D eigenvalue weighted by Gasteiger charge is 2.23. The van der Waals surface area contributed by atoms with Crippen molar-refractivity contribution in [1.82, 2.24) is 15.0 Å². The normalized spacial score (nSPS) is 12.2. The summed E-state index contributed by atoms with van der Waals surface area (Å²) in [4.78, 5) is 33.4. The molecule has 0 saturated carbocycles. The lowest BCUT2D eigenvalue weighted by Crippen LogP contribution is -2.22. The van der Waals surface area contributed by atoms with Crippen LogP contribution in [-0.4, -0.2) is 41.1 Å². The summed E-state index contributed by atoms with van der Waals surface area (Å²) in [5, 5.41) is 7.63. The number of nitrogens with zero attached hydrogens (tertiary/aromatic N) is 3. The molecule has 34 heavy (non-hydrogen) atoms. The summed E-state index contributed by atoms with van der Waals surface area (Å²) < 4.78 is 9.92. The topological polar surface area (TPSA) is 97.6 Å². The van der Waals surface area contributed by atoms with E-state index in [1.165, 1.54) is 18.4 Å². The molecule has 4 aromatic rings. The fourth-order valence-corrected chi connectivity index (χ4v) is 4.84. The Hall–Kier alpha value is -3.56. The zero-order chi connectivity index (χ0) is 24.4. The van der Waals surface area contributed by atoms with Gasteiger partial charge < -0.3 is 14.6 Å². The van der Waals surface area contributed by atoms with Crippen LogP contribution >= 0.6 is 11.3 Å². The number of aryl methyl sites for hydroxylation is 2. The molecule has 9 heteroatoms. The van der Waals surface area contributed by atoms with Crippen molar-refractivity contribution in [2.75, 3.05) is 19.5 Å². The van der Waals surface area contributed by atoms with Gasteiger partial charge in [0.05, 0.1) is 24.5 Å². The standard InChI is InChI=1S/C25H26N4O4S/c1-14-6-8-18(15(2)12-14)23(30)27-21-19-9-7-17(26-24(19)34-22(21)25(31)32-5)13-29(4)16(3)20-10-11-33-28-20/h6-12,16H,13H2,1-5H3,(H,27,30)/t16-/m1/s1. The van der Waals surface area contributed by atoms with Gasteiger partial charge in [-0.1, -0.05) is 22.9 Å². The average Bonchev–Trinajstić information content (AvgIpc) is 3.46. The maximum atomic E-state index is 13.1. The molecule has 8 nitrogen and oxygen atoms in total. The van der Waals surface area contributed by atoms with Gasteiger partial charge >= 0.3 is 5.97 Å². The summed E-state index contributed by atoms with van der Waals surface area (Å²) in [6.07, 6.45) is 1.55. The summed E-state index contributed by atoms with van der Waals surface area (Å²) in [5.74, 6) is -0.801. The first kappa shape index (κ1) is 23.6. The average molecular weight is 479 g/mol. The number of carbonyl (C=O) groups is 2. The molecule has 1 N–H and O–H groups in total. The summed E-state index contributed by atoms with van der Waals surface area (Å²) >= 11 is 1.20. The number of aromatic nitrogens is 2. The molecule has 3 aromatic heterocycles. The van der Waals surface area contributed by atoms with E-state index in [1.807, 2.05) is 58.2 Å². The second-order valence-electron chi connectivity index (χ2n) is 8.24. The van der Waals surface area contributed by atoms with Gasteiger partial charge in [-0.15, -0.1) is 11.3 Å². The molecule has 176 valence electrons. The first-order valence-corrected chi connectivity index (χ1v) is 11.6. The van der Waals surface area contributed by atoms with Gasteiger partial charge in [0, 0.05) is 23.6 Å². The van der Waals surface area contributed by atoms with Crippen molar-refractivity contribution in [3.05, 3.63) is 75.6 Å². The van der Waals surface area contributed by atoms with Crippen molar-refractivity contribution >= 4 is 39.1 Å². The first-order valence-electron chi connectivity index (χ1n) is 10.8. The molecule has 0 saturated heterocycles. The molecule has 0 aliphatic rings. The maximum absolute atomic E-state index is 13.1. The third kappa shape index (κ3) is 4.71. The number of hydrogen-bond donors (Lipinski definition) is 1. The molecule has 0 fully saturated rings. The predicted octanol–water partition coefficient (Wildman–Crippen LogP) is 5.13. The van der Waals surface area contributed by atoms with Crippen LogP contribution in [0.3, 0.4) is 0 Å². The van der Waals surface area contributed by atoms with E-state index in [-0.39, 0.29) is 11.9 Å². The van der Waals surface area contributed by atoms with Crippen LogP contribution in [0.5, 0.6) is 0 Å². The van der Waals surface area contributed by atoms with Gasteiger partial charge in [0.25, 0.3) is 5.91 Å². The summed E-state index contributed by atoms with van der Waals surface area (Å²) in [6, 6.07) is 11.3. The number of hydrogen-bond acceptors (Lipinski definition) is 8. The smallest absolute Gasteiger partial charge is 0.350 e. The van der Waals surface area contributed by atoms with Crippen LogP contribution in [0.1, 0.15) is 55.5 Å². The van der Waals surface area contributed by atoms with Gasteiger partial charge in [-0.05, 0) is 51.6 Å². The fraction of sp³-hybridized carbons (Fsp3) is 0.280. The molecule has 1 amide bonds. The van der Waals surface area contributed by atoms with E-state index in [0.29, 0.717) is 32.9 Å². The van der Waals surface area contributed by atoms with Crippen LogP contribution in [0.25, 0.3) is 10.2 Å². The van der Waals surface area contributed by atoms with E-state index in [1.54, 1.807) is 12.3 Å². The Morgan fingerprint density at radius 1 is 1.21 bits per heavy atom. The number of methoxy groups -OCH3 is 1. The molecule has 1 aromatic carbocycles. The fourth-order valence-electron chi connectivity index (χ4n) is 3.77. The molecular weight excluding hydrogens is 452 g/mol. The van der Waals surface area contributed by atoms with Gasteiger partial charge in [0.2, 0.25) is 0 Å². The lowest BCUT2D eigenvalue weighted by atomic mass is 10.1. The lowest BCUT2D eigenvalue weighted by Gasteiger charge is -2.22. The Morgan fingerprint density at radius 3 is 2.68 bits per heavy atom. The van der Waals surface area contributed by atoms with Crippen molar-refractivity contribution in [2.45, 2.75) is 33.4 Å². The molecule has 1 atom stereocenters. The van der Waals surface area contributed by atoms with Crippen molar-refractivity contribution in [3.8, 4) is 0 Å². The third-order valence-electron chi connectivity index (χ3n) is 5.81. The Bertz CT molecular complexity index is 1350. The van der Waals surface area contributed by atoms with Crippen LogP contribution < -0.4 is 5.32 Å². The number of pyridine rings is 1. The number of esters is 1. The number of carbonyl (C=O) groups excluding carboxylic acids is 2. The quantitative estimate of drug-likeness (QED) is 0.368. The Labute approximate surface area is 201 Å². The SMILES string of the molecule is COC(=O)c1sc2nc(CN(C)[C@H](C)c3ccon3)ccc2c1NC(=O)c1ccc(C)cc1C. The van der Waals surface area contributed by atoms with Crippen LogP contribution in [0, 0.1) is 13.8 Å². The van der Waals surface area contributed by atoms with E-state index in [2.05, 4.69) is 15.4 Å². The van der Waals surface area contributed by atoms with Crippen molar-refractivity contribution in [3.63, 3.8) is 0 Å².